The van der Waals surface area contributed by atoms with Gasteiger partial charge in [0.25, 0.3) is 0 Å². The molecule has 0 unspecified atom stereocenters. The van der Waals surface area contributed by atoms with E-state index < -0.39 is 0 Å². The third kappa shape index (κ3) is 4.06. The van der Waals surface area contributed by atoms with Crippen molar-refractivity contribution in [3.63, 3.8) is 0 Å². The lowest BCUT2D eigenvalue weighted by molar-refractivity contribution is -0.556. The summed E-state index contributed by atoms with van der Waals surface area (Å²) in [5, 5.41) is 0. The summed E-state index contributed by atoms with van der Waals surface area (Å²) in [4.78, 5) is 13.2. The SMILES string of the molecule is C(c1ccccn1)=[N+](Cc1ccccn1)Cc1ccccn1. The van der Waals surface area contributed by atoms with E-state index in [2.05, 4.69) is 19.5 Å². The van der Waals surface area contributed by atoms with Gasteiger partial charge in [0.05, 0.1) is 0 Å². The number of pyridine rings is 3. The molecular formula is C18H17N4+. The number of hydrogen-bond acceptors (Lipinski definition) is 3. The van der Waals surface area contributed by atoms with Crippen molar-refractivity contribution in [1.82, 2.24) is 15.0 Å². The Morgan fingerprint density at radius 3 is 1.68 bits per heavy atom. The van der Waals surface area contributed by atoms with Gasteiger partial charge in [0.15, 0.2) is 19.3 Å². The normalized spacial score (nSPS) is 10.2. The maximum absolute atomic E-state index is 4.40. The van der Waals surface area contributed by atoms with Crippen LogP contribution in [-0.2, 0) is 13.1 Å². The molecule has 0 atom stereocenters. The molecule has 0 aliphatic rings. The molecule has 0 fully saturated rings. The first-order valence-corrected chi connectivity index (χ1v) is 7.20. The largest absolute Gasteiger partial charge is 0.255 e. The molecule has 108 valence electrons. The summed E-state index contributed by atoms with van der Waals surface area (Å²) in [5.74, 6) is 0. The summed E-state index contributed by atoms with van der Waals surface area (Å²) >= 11 is 0. The van der Waals surface area contributed by atoms with Crippen LogP contribution in [0.4, 0.5) is 0 Å². The molecule has 22 heavy (non-hydrogen) atoms. The fourth-order valence-electron chi connectivity index (χ4n) is 2.19. The van der Waals surface area contributed by atoms with Crippen molar-refractivity contribution in [2.24, 2.45) is 0 Å². The van der Waals surface area contributed by atoms with Gasteiger partial charge in [-0.05, 0) is 36.4 Å². The van der Waals surface area contributed by atoms with E-state index in [1.165, 1.54) is 0 Å². The van der Waals surface area contributed by atoms with Crippen molar-refractivity contribution in [2.45, 2.75) is 13.1 Å². The Morgan fingerprint density at radius 1 is 0.682 bits per heavy atom. The van der Waals surface area contributed by atoms with Crippen LogP contribution < -0.4 is 0 Å². The Labute approximate surface area is 129 Å². The molecule has 3 aromatic rings. The van der Waals surface area contributed by atoms with Gasteiger partial charge in [0.2, 0.25) is 0 Å². The van der Waals surface area contributed by atoms with Gasteiger partial charge in [-0.1, -0.05) is 18.2 Å². The van der Waals surface area contributed by atoms with Gasteiger partial charge < -0.3 is 0 Å². The first-order valence-electron chi connectivity index (χ1n) is 7.20. The molecule has 0 bridgehead atoms. The highest BCUT2D eigenvalue weighted by Crippen LogP contribution is 2.02. The van der Waals surface area contributed by atoms with E-state index in [-0.39, 0.29) is 0 Å². The van der Waals surface area contributed by atoms with E-state index in [1.54, 1.807) is 6.20 Å². The second kappa shape index (κ2) is 7.22. The quantitative estimate of drug-likeness (QED) is 0.536. The Hall–Kier alpha value is -2.88. The molecule has 0 aliphatic heterocycles. The summed E-state index contributed by atoms with van der Waals surface area (Å²) in [6, 6.07) is 17.8. The van der Waals surface area contributed by atoms with Gasteiger partial charge in [-0.15, -0.1) is 0 Å². The molecule has 4 nitrogen and oxygen atoms in total. The van der Waals surface area contributed by atoms with Crippen LogP contribution in [0.1, 0.15) is 17.1 Å². The smallest absolute Gasteiger partial charge is 0.190 e. The third-order valence-electron chi connectivity index (χ3n) is 3.19. The summed E-state index contributed by atoms with van der Waals surface area (Å²) in [6.07, 6.45) is 7.47. The summed E-state index contributed by atoms with van der Waals surface area (Å²) in [7, 11) is 0. The van der Waals surface area contributed by atoms with E-state index in [0.29, 0.717) is 13.1 Å². The Bertz CT molecular complexity index is 681. The van der Waals surface area contributed by atoms with E-state index in [4.69, 9.17) is 0 Å². The summed E-state index contributed by atoms with van der Waals surface area (Å²) in [5.41, 5.74) is 2.96. The van der Waals surface area contributed by atoms with Crippen LogP contribution in [-0.4, -0.2) is 25.7 Å². The average molecular weight is 289 g/mol. The van der Waals surface area contributed by atoms with Crippen LogP contribution in [0, 0.1) is 0 Å². The molecule has 0 N–H and O–H groups in total. The highest BCUT2D eigenvalue weighted by atomic mass is 15.0. The Kier molecular flexibility index (Phi) is 4.62. The van der Waals surface area contributed by atoms with Crippen LogP contribution in [0.3, 0.4) is 0 Å². The Balaban J connectivity index is 1.86. The van der Waals surface area contributed by atoms with Gasteiger partial charge >= 0.3 is 0 Å². The zero-order valence-electron chi connectivity index (χ0n) is 12.2. The van der Waals surface area contributed by atoms with E-state index in [0.717, 1.165) is 17.1 Å². The van der Waals surface area contributed by atoms with Gasteiger partial charge in [0, 0.05) is 18.6 Å². The highest BCUT2D eigenvalue weighted by Gasteiger charge is 2.10. The molecule has 3 heterocycles. The zero-order chi connectivity index (χ0) is 15.0. The predicted molar refractivity (Wildman–Crippen MR) is 85.5 cm³/mol. The fourth-order valence-corrected chi connectivity index (χ4v) is 2.19. The third-order valence-corrected chi connectivity index (χ3v) is 3.19. The minimum atomic E-state index is 0.716. The molecule has 0 aromatic carbocycles. The lowest BCUT2D eigenvalue weighted by atomic mass is 10.3. The van der Waals surface area contributed by atoms with Gasteiger partial charge in [-0.25, -0.2) is 4.58 Å². The molecule has 3 rings (SSSR count). The van der Waals surface area contributed by atoms with Crippen molar-refractivity contribution in [3.8, 4) is 0 Å². The second-order valence-electron chi connectivity index (χ2n) is 4.93. The standard InChI is InChI=1S/C18H17N4/c1-4-10-19-16(7-1)13-22(14-17-8-2-5-11-20-17)15-18-9-3-6-12-21-18/h1-13H,14-15H2/q+1. The van der Waals surface area contributed by atoms with Crippen LogP contribution in [0.25, 0.3) is 0 Å². The van der Waals surface area contributed by atoms with Crippen molar-refractivity contribution in [1.29, 1.82) is 0 Å². The van der Waals surface area contributed by atoms with E-state index >= 15 is 0 Å². The molecule has 0 radical (unpaired) electrons. The Morgan fingerprint density at radius 2 is 1.23 bits per heavy atom. The predicted octanol–water partition coefficient (Wildman–Crippen LogP) is 2.70. The van der Waals surface area contributed by atoms with Crippen molar-refractivity contribution in [2.75, 3.05) is 0 Å². The molecule has 0 saturated heterocycles. The fraction of sp³-hybridized carbons (Fsp3) is 0.111. The first kappa shape index (κ1) is 14.1. The van der Waals surface area contributed by atoms with Crippen molar-refractivity contribution in [3.05, 3.63) is 90.3 Å². The molecular weight excluding hydrogens is 272 g/mol. The molecule has 4 heteroatoms. The lowest BCUT2D eigenvalue weighted by Gasteiger charge is -2.03. The topological polar surface area (TPSA) is 41.7 Å². The van der Waals surface area contributed by atoms with Crippen LogP contribution in [0.2, 0.25) is 0 Å². The molecule has 0 saturated carbocycles. The number of hydrogen-bond donors (Lipinski definition) is 0. The van der Waals surface area contributed by atoms with E-state index in [9.17, 15) is 0 Å². The maximum Gasteiger partial charge on any atom is 0.190 e. The molecule has 0 spiro atoms. The first-order chi connectivity index (χ1) is 10.9. The second-order valence-corrected chi connectivity index (χ2v) is 4.93. The van der Waals surface area contributed by atoms with E-state index in [1.807, 2.05) is 73.2 Å². The van der Waals surface area contributed by atoms with Gasteiger partial charge in [0.1, 0.15) is 17.1 Å². The van der Waals surface area contributed by atoms with Crippen LogP contribution in [0.5, 0.6) is 0 Å². The highest BCUT2D eigenvalue weighted by molar-refractivity contribution is 5.72. The van der Waals surface area contributed by atoms with Gasteiger partial charge in [-0.2, -0.15) is 0 Å². The van der Waals surface area contributed by atoms with Gasteiger partial charge in [-0.3, -0.25) is 15.0 Å². The maximum atomic E-state index is 4.40. The van der Waals surface area contributed by atoms with Crippen molar-refractivity contribution < 1.29 is 4.58 Å². The average Bonchev–Trinajstić information content (AvgIpc) is 2.57. The summed E-state index contributed by atoms with van der Waals surface area (Å²) < 4.78 is 2.17. The molecule has 3 aromatic heterocycles. The monoisotopic (exact) mass is 289 g/mol. The zero-order valence-corrected chi connectivity index (χ0v) is 12.2. The number of rotatable bonds is 5. The molecule has 0 aliphatic carbocycles. The molecule has 0 amide bonds. The number of aromatic nitrogens is 3. The van der Waals surface area contributed by atoms with Crippen molar-refractivity contribution >= 4 is 6.21 Å². The minimum absolute atomic E-state index is 0.716. The lowest BCUT2D eigenvalue weighted by Crippen LogP contribution is -2.15. The van der Waals surface area contributed by atoms with Crippen LogP contribution >= 0.6 is 0 Å². The number of nitrogens with zero attached hydrogens (tertiary/aromatic N) is 4. The minimum Gasteiger partial charge on any atom is -0.255 e. The summed E-state index contributed by atoms with van der Waals surface area (Å²) in [6.45, 7) is 1.43. The van der Waals surface area contributed by atoms with Crippen LogP contribution in [0.15, 0.2) is 73.2 Å².